The number of benzene rings is 2. The van der Waals surface area contributed by atoms with Crippen LogP contribution in [0.3, 0.4) is 0 Å². The molecule has 0 saturated carbocycles. The van der Waals surface area contributed by atoms with E-state index in [1.54, 1.807) is 37.4 Å². The highest BCUT2D eigenvalue weighted by atomic mass is 19.1. The van der Waals surface area contributed by atoms with Gasteiger partial charge in [-0.3, -0.25) is 4.79 Å². The number of anilines is 2. The zero-order chi connectivity index (χ0) is 16.9. The summed E-state index contributed by atoms with van der Waals surface area (Å²) in [5.41, 5.74) is 1.33. The number of hydrogen-bond donors (Lipinski definition) is 2. The van der Waals surface area contributed by atoms with Gasteiger partial charge in [0.1, 0.15) is 5.82 Å². The normalized spacial score (nSPS) is 10.2. The highest BCUT2D eigenvalue weighted by Gasteiger charge is 2.17. The van der Waals surface area contributed by atoms with Crippen LogP contribution in [0, 0.1) is 5.82 Å². The van der Waals surface area contributed by atoms with Gasteiger partial charge in [-0.25, -0.2) is 14.4 Å². The predicted molar refractivity (Wildman–Crippen MR) is 91.4 cm³/mol. The van der Waals surface area contributed by atoms with E-state index in [0.29, 0.717) is 22.8 Å². The lowest BCUT2D eigenvalue weighted by Gasteiger charge is -2.10. The number of para-hydroxylation sites is 1. The molecule has 0 bridgehead atoms. The molecule has 3 aromatic rings. The Kier molecular flexibility index (Phi) is 4.47. The van der Waals surface area contributed by atoms with Crippen LogP contribution in [0.15, 0.2) is 60.8 Å². The minimum Gasteiger partial charge on any atom is -0.371 e. The summed E-state index contributed by atoms with van der Waals surface area (Å²) in [5.74, 6) is -0.516. The van der Waals surface area contributed by atoms with Crippen molar-refractivity contribution < 1.29 is 9.18 Å². The second kappa shape index (κ2) is 6.87. The average Bonchev–Trinajstić information content (AvgIpc) is 2.62. The van der Waals surface area contributed by atoms with Crippen LogP contribution in [0.25, 0.3) is 11.3 Å². The Bertz CT molecular complexity index is 868. The summed E-state index contributed by atoms with van der Waals surface area (Å²) in [4.78, 5) is 21.0. The molecule has 0 aliphatic carbocycles. The molecular weight excluding hydrogens is 307 g/mol. The molecule has 0 unspecified atom stereocenters. The minimum absolute atomic E-state index is 0.0992. The maximum atomic E-state index is 14.0. The van der Waals surface area contributed by atoms with E-state index < -0.39 is 11.7 Å². The third-order valence-corrected chi connectivity index (χ3v) is 3.41. The standard InChI is InChI=1S/C18H15FN4O/c1-20-17-16(18(24)22-12-7-3-2-4-8-12)23-15(11-21-17)13-9-5-6-10-14(13)19/h2-11H,1H3,(H,20,21)(H,22,24). The van der Waals surface area contributed by atoms with Gasteiger partial charge < -0.3 is 10.6 Å². The van der Waals surface area contributed by atoms with Crippen LogP contribution in [0.1, 0.15) is 10.5 Å². The van der Waals surface area contributed by atoms with Crippen LogP contribution in [0.2, 0.25) is 0 Å². The highest BCUT2D eigenvalue weighted by molar-refractivity contribution is 6.06. The maximum absolute atomic E-state index is 14.0. The Hall–Kier alpha value is -3.28. The third kappa shape index (κ3) is 3.22. The molecule has 24 heavy (non-hydrogen) atoms. The number of nitrogens with zero attached hydrogens (tertiary/aromatic N) is 2. The molecule has 6 heteroatoms. The average molecular weight is 322 g/mol. The number of carbonyl (C=O) groups is 1. The first kappa shape index (κ1) is 15.6. The van der Waals surface area contributed by atoms with Crippen LogP contribution in [0.4, 0.5) is 15.9 Å². The van der Waals surface area contributed by atoms with Gasteiger partial charge in [-0.15, -0.1) is 0 Å². The number of rotatable bonds is 4. The van der Waals surface area contributed by atoms with Gasteiger partial charge in [-0.2, -0.15) is 0 Å². The molecule has 1 heterocycles. The predicted octanol–water partition coefficient (Wildman–Crippen LogP) is 3.58. The molecule has 1 amide bonds. The number of nitrogens with one attached hydrogen (secondary N) is 2. The first-order valence-electron chi connectivity index (χ1n) is 7.35. The van der Waals surface area contributed by atoms with Crippen molar-refractivity contribution in [2.24, 2.45) is 0 Å². The summed E-state index contributed by atoms with van der Waals surface area (Å²) in [7, 11) is 1.64. The zero-order valence-corrected chi connectivity index (χ0v) is 13.0. The Morgan fingerprint density at radius 1 is 1.04 bits per heavy atom. The fourth-order valence-electron chi connectivity index (χ4n) is 2.24. The van der Waals surface area contributed by atoms with E-state index in [2.05, 4.69) is 20.6 Å². The van der Waals surface area contributed by atoms with Crippen LogP contribution in [-0.4, -0.2) is 22.9 Å². The lowest BCUT2D eigenvalue weighted by Crippen LogP contribution is -2.17. The molecule has 5 nitrogen and oxygen atoms in total. The summed E-state index contributed by atoms with van der Waals surface area (Å²) in [6.45, 7) is 0. The topological polar surface area (TPSA) is 66.9 Å². The SMILES string of the molecule is CNc1ncc(-c2ccccc2F)nc1C(=O)Nc1ccccc1. The molecule has 0 aliphatic heterocycles. The monoisotopic (exact) mass is 322 g/mol. The Morgan fingerprint density at radius 3 is 2.46 bits per heavy atom. The van der Waals surface area contributed by atoms with Gasteiger partial charge in [0.2, 0.25) is 0 Å². The number of hydrogen-bond acceptors (Lipinski definition) is 4. The highest BCUT2D eigenvalue weighted by Crippen LogP contribution is 2.22. The number of aromatic nitrogens is 2. The van der Waals surface area contributed by atoms with E-state index in [4.69, 9.17) is 0 Å². The number of carbonyl (C=O) groups excluding carboxylic acids is 1. The van der Waals surface area contributed by atoms with E-state index in [-0.39, 0.29) is 5.69 Å². The first-order valence-corrected chi connectivity index (χ1v) is 7.35. The Morgan fingerprint density at radius 2 is 1.75 bits per heavy atom. The lowest BCUT2D eigenvalue weighted by molar-refractivity contribution is 0.102. The van der Waals surface area contributed by atoms with Gasteiger partial charge in [0.05, 0.1) is 11.9 Å². The van der Waals surface area contributed by atoms with E-state index in [1.165, 1.54) is 12.3 Å². The zero-order valence-electron chi connectivity index (χ0n) is 13.0. The molecule has 0 aliphatic rings. The van der Waals surface area contributed by atoms with E-state index in [0.717, 1.165) is 0 Å². The van der Waals surface area contributed by atoms with Crippen molar-refractivity contribution in [3.8, 4) is 11.3 Å². The van der Waals surface area contributed by atoms with Crippen molar-refractivity contribution in [1.82, 2.24) is 9.97 Å². The largest absolute Gasteiger partial charge is 0.371 e. The smallest absolute Gasteiger partial charge is 0.278 e. The van der Waals surface area contributed by atoms with Crippen molar-refractivity contribution >= 4 is 17.4 Å². The van der Waals surface area contributed by atoms with Crippen LogP contribution in [0.5, 0.6) is 0 Å². The van der Waals surface area contributed by atoms with Gasteiger partial charge in [-0.1, -0.05) is 30.3 Å². The summed E-state index contributed by atoms with van der Waals surface area (Å²) in [6.07, 6.45) is 1.43. The molecule has 0 saturated heterocycles. The van der Waals surface area contributed by atoms with Crippen molar-refractivity contribution in [2.45, 2.75) is 0 Å². The lowest BCUT2D eigenvalue weighted by atomic mass is 10.1. The van der Waals surface area contributed by atoms with Crippen molar-refractivity contribution in [3.05, 3.63) is 72.3 Å². The molecule has 0 spiro atoms. The fraction of sp³-hybridized carbons (Fsp3) is 0.0556. The van der Waals surface area contributed by atoms with Gasteiger partial charge in [0, 0.05) is 18.3 Å². The van der Waals surface area contributed by atoms with Crippen LogP contribution < -0.4 is 10.6 Å². The van der Waals surface area contributed by atoms with Crippen molar-refractivity contribution in [1.29, 1.82) is 0 Å². The molecule has 0 radical (unpaired) electrons. The molecule has 3 rings (SSSR count). The minimum atomic E-state index is -0.420. The molecule has 2 N–H and O–H groups in total. The van der Waals surface area contributed by atoms with Crippen LogP contribution in [-0.2, 0) is 0 Å². The van der Waals surface area contributed by atoms with Crippen molar-refractivity contribution in [3.63, 3.8) is 0 Å². The van der Waals surface area contributed by atoms with E-state index in [1.807, 2.05) is 18.2 Å². The summed E-state index contributed by atoms with van der Waals surface area (Å²) in [6, 6.07) is 15.3. The van der Waals surface area contributed by atoms with Gasteiger partial charge in [0.25, 0.3) is 5.91 Å². The molecular formula is C18H15FN4O. The summed E-state index contributed by atoms with van der Waals surface area (Å²) < 4.78 is 14.0. The van der Waals surface area contributed by atoms with E-state index >= 15 is 0 Å². The molecule has 1 aromatic heterocycles. The van der Waals surface area contributed by atoms with Gasteiger partial charge in [0.15, 0.2) is 11.5 Å². The summed E-state index contributed by atoms with van der Waals surface area (Å²) >= 11 is 0. The van der Waals surface area contributed by atoms with Gasteiger partial charge in [-0.05, 0) is 24.3 Å². The maximum Gasteiger partial charge on any atom is 0.278 e. The number of halogens is 1. The first-order chi connectivity index (χ1) is 11.7. The third-order valence-electron chi connectivity index (χ3n) is 3.41. The molecule has 2 aromatic carbocycles. The second-order valence-electron chi connectivity index (χ2n) is 5.00. The fourth-order valence-corrected chi connectivity index (χ4v) is 2.24. The number of amides is 1. The quantitative estimate of drug-likeness (QED) is 0.770. The van der Waals surface area contributed by atoms with Gasteiger partial charge >= 0.3 is 0 Å². The Balaban J connectivity index is 1.98. The molecule has 0 atom stereocenters. The Labute approximate surface area is 138 Å². The molecule has 120 valence electrons. The summed E-state index contributed by atoms with van der Waals surface area (Å²) in [5, 5.41) is 5.58. The van der Waals surface area contributed by atoms with Crippen LogP contribution >= 0.6 is 0 Å². The van der Waals surface area contributed by atoms with E-state index in [9.17, 15) is 9.18 Å². The van der Waals surface area contributed by atoms with Crippen molar-refractivity contribution in [2.75, 3.05) is 17.7 Å². The molecule has 0 fully saturated rings. The second-order valence-corrected chi connectivity index (χ2v) is 5.00.